The van der Waals surface area contributed by atoms with E-state index >= 15 is 0 Å². The summed E-state index contributed by atoms with van der Waals surface area (Å²) in [5.74, 6) is 7.91. The normalized spacial score (nSPS) is 15.2. The van der Waals surface area contributed by atoms with Gasteiger partial charge in [0.1, 0.15) is 0 Å². The number of imide groups is 2. The van der Waals surface area contributed by atoms with Gasteiger partial charge < -0.3 is 9.68 Å². The van der Waals surface area contributed by atoms with Crippen molar-refractivity contribution in [3.05, 3.63) is 0 Å². The Hall–Kier alpha value is -3.66. The number of nitrogens with zero attached hydrogens (tertiary/aromatic N) is 2. The molecule has 0 aromatic rings. The van der Waals surface area contributed by atoms with Crippen LogP contribution in [0.3, 0.4) is 0 Å². The maximum absolute atomic E-state index is 11.6. The number of amides is 4. The first-order valence-electron chi connectivity index (χ1n) is 10.5. The average Bonchev–Trinajstić information content (AvgIpc) is 3.24. The monoisotopic (exact) mass is 444 g/mol. The highest BCUT2D eigenvalue weighted by Crippen LogP contribution is 2.14. The van der Waals surface area contributed by atoms with Crippen molar-refractivity contribution in [3.63, 3.8) is 0 Å². The highest BCUT2D eigenvalue weighted by Gasteiger charge is 2.33. The summed E-state index contributed by atoms with van der Waals surface area (Å²) in [6.45, 7) is 0. The van der Waals surface area contributed by atoms with Crippen molar-refractivity contribution in [2.75, 3.05) is 0 Å². The smallest absolute Gasteiger partial charge is 0.330 e. The number of hydroxylamine groups is 4. The molecule has 170 valence electrons. The summed E-state index contributed by atoms with van der Waals surface area (Å²) in [6, 6.07) is 0. The van der Waals surface area contributed by atoms with E-state index < -0.39 is 35.6 Å². The number of carbonyl (C=O) groups is 6. The predicted octanol–water partition coefficient (Wildman–Crippen LogP) is 1.33. The van der Waals surface area contributed by atoms with Gasteiger partial charge in [-0.05, 0) is 37.5 Å². The van der Waals surface area contributed by atoms with Crippen LogP contribution in [-0.4, -0.2) is 45.7 Å². The molecule has 0 bridgehead atoms. The van der Waals surface area contributed by atoms with Gasteiger partial charge >= 0.3 is 11.9 Å². The zero-order valence-corrected chi connectivity index (χ0v) is 17.6. The zero-order chi connectivity index (χ0) is 23.3. The molecule has 0 aromatic heterocycles. The number of hydrogen-bond donors (Lipinski definition) is 0. The van der Waals surface area contributed by atoms with Gasteiger partial charge in [-0.1, -0.05) is 11.8 Å². The molecule has 10 heteroatoms. The van der Waals surface area contributed by atoms with Crippen LogP contribution in [0.1, 0.15) is 77.0 Å². The Kier molecular flexibility index (Phi) is 9.92. The number of unbranched alkanes of at least 4 members (excludes halogenated alkanes) is 4. The van der Waals surface area contributed by atoms with E-state index in [1.165, 1.54) is 0 Å². The fourth-order valence-corrected chi connectivity index (χ4v) is 2.79. The summed E-state index contributed by atoms with van der Waals surface area (Å²) >= 11 is 0. The molecule has 0 radical (unpaired) electrons. The Labute approximate surface area is 185 Å². The molecule has 0 unspecified atom stereocenters. The van der Waals surface area contributed by atoms with Crippen LogP contribution >= 0.6 is 0 Å². The summed E-state index contributed by atoms with van der Waals surface area (Å²) in [4.78, 5) is 78.1. The minimum Gasteiger partial charge on any atom is -0.330 e. The Bertz CT molecular complexity index is 796. The van der Waals surface area contributed by atoms with Crippen LogP contribution in [0.4, 0.5) is 0 Å². The first-order valence-corrected chi connectivity index (χ1v) is 10.5. The number of rotatable bonds is 10. The largest absolute Gasteiger partial charge is 0.333 e. The molecule has 4 amide bonds. The van der Waals surface area contributed by atoms with Crippen LogP contribution in [0.5, 0.6) is 0 Å². The molecule has 0 aromatic carbocycles. The summed E-state index contributed by atoms with van der Waals surface area (Å²) in [5.41, 5.74) is 0. The topological polar surface area (TPSA) is 127 Å². The van der Waals surface area contributed by atoms with Gasteiger partial charge in [0.2, 0.25) is 0 Å². The van der Waals surface area contributed by atoms with E-state index in [0.29, 0.717) is 48.7 Å². The lowest BCUT2D eigenvalue weighted by atomic mass is 10.2. The van der Waals surface area contributed by atoms with Crippen molar-refractivity contribution in [3.8, 4) is 23.7 Å². The quantitative estimate of drug-likeness (QED) is 0.280. The molecule has 0 atom stereocenters. The second-order valence-electron chi connectivity index (χ2n) is 7.11. The van der Waals surface area contributed by atoms with Gasteiger partial charge in [0.25, 0.3) is 23.6 Å². The Morgan fingerprint density at radius 3 is 1.31 bits per heavy atom. The third-order valence-electron chi connectivity index (χ3n) is 4.50. The second-order valence-corrected chi connectivity index (χ2v) is 7.11. The molecule has 2 saturated heterocycles. The molecular formula is C22H24N2O8. The van der Waals surface area contributed by atoms with Crippen LogP contribution in [-0.2, 0) is 38.4 Å². The van der Waals surface area contributed by atoms with Gasteiger partial charge in [-0.3, -0.25) is 19.2 Å². The van der Waals surface area contributed by atoms with Gasteiger partial charge in [-0.15, -0.1) is 10.1 Å². The Balaban J connectivity index is 1.47. The third kappa shape index (κ3) is 8.23. The van der Waals surface area contributed by atoms with Crippen LogP contribution in [0, 0.1) is 23.7 Å². The van der Waals surface area contributed by atoms with Gasteiger partial charge in [-0.2, -0.15) is 0 Å². The number of carbonyl (C=O) groups excluding carboxylic acids is 6. The van der Waals surface area contributed by atoms with Crippen LogP contribution < -0.4 is 0 Å². The van der Waals surface area contributed by atoms with Crippen molar-refractivity contribution < 1.29 is 38.4 Å². The fourth-order valence-electron chi connectivity index (χ4n) is 2.79. The minimum atomic E-state index is -0.621. The van der Waals surface area contributed by atoms with E-state index in [4.69, 9.17) is 9.68 Å². The van der Waals surface area contributed by atoms with Gasteiger partial charge in [0.05, 0.1) is 0 Å². The molecule has 0 spiro atoms. The average molecular weight is 444 g/mol. The van der Waals surface area contributed by atoms with E-state index in [9.17, 15) is 28.8 Å². The fraction of sp³-hybridized carbons (Fsp3) is 0.545. The molecule has 2 rings (SSSR count). The van der Waals surface area contributed by atoms with E-state index in [2.05, 4.69) is 23.7 Å². The van der Waals surface area contributed by atoms with Gasteiger partial charge in [0, 0.05) is 51.4 Å². The van der Waals surface area contributed by atoms with E-state index in [-0.39, 0.29) is 38.5 Å². The molecular weight excluding hydrogens is 420 g/mol. The Morgan fingerprint density at radius 1 is 0.625 bits per heavy atom. The predicted molar refractivity (Wildman–Crippen MR) is 107 cm³/mol. The molecule has 32 heavy (non-hydrogen) atoms. The molecule has 0 N–H and O–H groups in total. The SMILES string of the molecule is O=C(CCCCC#CC#CCCCCC(=O)ON1C(=O)CCC1=O)ON1C(=O)CCC1=O. The van der Waals surface area contributed by atoms with Crippen molar-refractivity contribution in [1.29, 1.82) is 0 Å². The lowest BCUT2D eigenvalue weighted by molar-refractivity contribution is -0.197. The van der Waals surface area contributed by atoms with Crippen LogP contribution in [0.25, 0.3) is 0 Å². The highest BCUT2D eigenvalue weighted by molar-refractivity contribution is 6.02. The minimum absolute atomic E-state index is 0.0678. The van der Waals surface area contributed by atoms with E-state index in [1.807, 2.05) is 0 Å². The van der Waals surface area contributed by atoms with Crippen molar-refractivity contribution >= 4 is 35.6 Å². The first-order chi connectivity index (χ1) is 15.4. The maximum atomic E-state index is 11.6. The van der Waals surface area contributed by atoms with Gasteiger partial charge in [0.15, 0.2) is 0 Å². The third-order valence-corrected chi connectivity index (χ3v) is 4.50. The first kappa shape index (κ1) is 24.6. The van der Waals surface area contributed by atoms with Crippen molar-refractivity contribution in [2.45, 2.75) is 77.0 Å². The highest BCUT2D eigenvalue weighted by atomic mass is 16.7. The van der Waals surface area contributed by atoms with Crippen molar-refractivity contribution in [1.82, 2.24) is 10.1 Å². The molecule has 2 heterocycles. The lowest BCUT2D eigenvalue weighted by Crippen LogP contribution is -2.31. The molecule has 0 saturated carbocycles. The standard InChI is InChI=1S/C22H24N2O8/c25-17-13-14-18(26)23(17)31-21(29)11-9-7-5-3-1-2-4-6-8-10-12-22(30)32-24-19(27)15-16-20(24)28/h5-16H2. The second kappa shape index (κ2) is 12.9. The maximum Gasteiger partial charge on any atom is 0.333 e. The number of hydrogen-bond acceptors (Lipinski definition) is 8. The lowest BCUT2D eigenvalue weighted by Gasteiger charge is -2.12. The zero-order valence-electron chi connectivity index (χ0n) is 17.6. The molecule has 10 nitrogen and oxygen atoms in total. The van der Waals surface area contributed by atoms with Crippen LogP contribution in [0.2, 0.25) is 0 Å². The van der Waals surface area contributed by atoms with Crippen LogP contribution in [0.15, 0.2) is 0 Å². The van der Waals surface area contributed by atoms with Gasteiger partial charge in [-0.25, -0.2) is 9.59 Å². The van der Waals surface area contributed by atoms with E-state index in [0.717, 1.165) is 0 Å². The summed E-state index contributed by atoms with van der Waals surface area (Å²) < 4.78 is 0. The van der Waals surface area contributed by atoms with Crippen molar-refractivity contribution in [2.24, 2.45) is 0 Å². The Morgan fingerprint density at radius 2 is 0.969 bits per heavy atom. The molecule has 0 aliphatic carbocycles. The van der Waals surface area contributed by atoms with E-state index in [1.54, 1.807) is 0 Å². The summed E-state index contributed by atoms with van der Waals surface area (Å²) in [6.07, 6.45) is 3.87. The molecule has 2 fully saturated rings. The molecule has 2 aliphatic rings. The summed E-state index contributed by atoms with van der Waals surface area (Å²) in [7, 11) is 0. The molecule has 2 aliphatic heterocycles. The summed E-state index contributed by atoms with van der Waals surface area (Å²) in [5, 5.41) is 1.08.